The van der Waals surface area contributed by atoms with Crippen LogP contribution in [0.5, 0.6) is 17.2 Å². The fourth-order valence-corrected chi connectivity index (χ4v) is 3.66. The molecule has 0 saturated heterocycles. The van der Waals surface area contributed by atoms with Crippen molar-refractivity contribution in [2.75, 3.05) is 11.8 Å². The first-order valence-corrected chi connectivity index (χ1v) is 9.47. The van der Waals surface area contributed by atoms with Gasteiger partial charge < -0.3 is 9.47 Å². The molecule has 0 aliphatic heterocycles. The van der Waals surface area contributed by atoms with Gasteiger partial charge in [-0.3, -0.25) is 4.72 Å². The van der Waals surface area contributed by atoms with Crippen LogP contribution in [0.3, 0.4) is 0 Å². The number of aryl methyl sites for hydroxylation is 1. The predicted molar refractivity (Wildman–Crippen MR) is 101 cm³/mol. The number of ether oxygens (including phenoxy) is 2. The highest BCUT2D eigenvalue weighted by atomic mass is 32.2. The Balaban J connectivity index is 1.91. The summed E-state index contributed by atoms with van der Waals surface area (Å²) in [5, 5.41) is 0. The van der Waals surface area contributed by atoms with Crippen molar-refractivity contribution >= 4 is 15.7 Å². The van der Waals surface area contributed by atoms with Crippen LogP contribution in [-0.4, -0.2) is 15.5 Å². The van der Waals surface area contributed by atoms with Gasteiger partial charge in [0.1, 0.15) is 16.4 Å². The minimum atomic E-state index is -3.83. The lowest BCUT2D eigenvalue weighted by atomic mass is 10.2. The van der Waals surface area contributed by atoms with Crippen molar-refractivity contribution in [3.63, 3.8) is 0 Å². The van der Waals surface area contributed by atoms with E-state index in [4.69, 9.17) is 9.47 Å². The Morgan fingerprint density at radius 3 is 2.12 bits per heavy atom. The lowest BCUT2D eigenvalue weighted by molar-refractivity contribution is 0.403. The smallest absolute Gasteiger partial charge is 0.265 e. The third-order valence-corrected chi connectivity index (χ3v) is 5.14. The zero-order chi connectivity index (χ0) is 18.6. The molecule has 0 aliphatic rings. The van der Waals surface area contributed by atoms with E-state index in [1.165, 1.54) is 13.2 Å². The van der Waals surface area contributed by atoms with Crippen molar-refractivity contribution in [3.05, 3.63) is 78.4 Å². The predicted octanol–water partition coefficient (Wildman–Crippen LogP) is 4.60. The van der Waals surface area contributed by atoms with E-state index in [1.54, 1.807) is 42.5 Å². The molecule has 5 nitrogen and oxygen atoms in total. The monoisotopic (exact) mass is 369 g/mol. The molecule has 0 aliphatic carbocycles. The molecule has 0 spiro atoms. The second-order valence-corrected chi connectivity index (χ2v) is 7.32. The van der Waals surface area contributed by atoms with Gasteiger partial charge in [0.25, 0.3) is 10.0 Å². The van der Waals surface area contributed by atoms with Gasteiger partial charge in [0.15, 0.2) is 5.75 Å². The van der Waals surface area contributed by atoms with Crippen molar-refractivity contribution in [2.24, 2.45) is 0 Å². The highest BCUT2D eigenvalue weighted by Crippen LogP contribution is 2.32. The first kappa shape index (κ1) is 17.8. The van der Waals surface area contributed by atoms with Crippen LogP contribution in [0.15, 0.2) is 77.7 Å². The summed E-state index contributed by atoms with van der Waals surface area (Å²) in [4.78, 5) is 0.0626. The highest BCUT2D eigenvalue weighted by molar-refractivity contribution is 7.92. The second-order valence-electron chi connectivity index (χ2n) is 5.67. The average Bonchev–Trinajstić information content (AvgIpc) is 2.65. The van der Waals surface area contributed by atoms with Crippen LogP contribution in [0.1, 0.15) is 5.56 Å². The third kappa shape index (κ3) is 3.97. The summed E-state index contributed by atoms with van der Waals surface area (Å²) in [5.41, 5.74) is 1.46. The normalized spacial score (nSPS) is 11.0. The summed E-state index contributed by atoms with van der Waals surface area (Å²) in [5.74, 6) is 1.31. The van der Waals surface area contributed by atoms with Crippen molar-refractivity contribution in [2.45, 2.75) is 11.8 Å². The van der Waals surface area contributed by atoms with Gasteiger partial charge in [0.05, 0.1) is 12.8 Å². The highest BCUT2D eigenvalue weighted by Gasteiger charge is 2.20. The molecular weight excluding hydrogens is 350 g/mol. The van der Waals surface area contributed by atoms with E-state index in [-0.39, 0.29) is 10.6 Å². The first-order valence-electron chi connectivity index (χ1n) is 7.99. The van der Waals surface area contributed by atoms with Crippen LogP contribution in [0.25, 0.3) is 0 Å². The van der Waals surface area contributed by atoms with Gasteiger partial charge >= 0.3 is 0 Å². The maximum atomic E-state index is 12.8. The van der Waals surface area contributed by atoms with Crippen LogP contribution in [-0.2, 0) is 10.0 Å². The quantitative estimate of drug-likeness (QED) is 0.690. The van der Waals surface area contributed by atoms with Gasteiger partial charge in [-0.25, -0.2) is 8.42 Å². The number of benzene rings is 3. The fraction of sp³-hybridized carbons (Fsp3) is 0.100. The summed E-state index contributed by atoms with van der Waals surface area (Å²) in [7, 11) is -2.40. The van der Waals surface area contributed by atoms with Crippen molar-refractivity contribution in [1.82, 2.24) is 0 Å². The molecular formula is C20H19NO4S. The van der Waals surface area contributed by atoms with Gasteiger partial charge in [-0.1, -0.05) is 42.0 Å². The van der Waals surface area contributed by atoms with Crippen molar-refractivity contribution < 1.29 is 17.9 Å². The molecule has 3 aromatic carbocycles. The molecule has 0 radical (unpaired) electrons. The lowest BCUT2D eigenvalue weighted by Crippen LogP contribution is -2.14. The molecule has 0 unspecified atom stereocenters. The Hall–Kier alpha value is -2.99. The Kier molecular flexibility index (Phi) is 5.14. The summed E-state index contributed by atoms with van der Waals surface area (Å²) >= 11 is 0. The molecule has 1 N–H and O–H groups in total. The SMILES string of the molecule is COc1ccccc1S(=O)(=O)Nc1ccccc1Oc1ccc(C)cc1. The van der Waals surface area contributed by atoms with Crippen LogP contribution >= 0.6 is 0 Å². The molecule has 3 aromatic rings. The number of para-hydroxylation sites is 3. The number of rotatable bonds is 6. The molecule has 6 heteroatoms. The summed E-state index contributed by atoms with van der Waals surface area (Å²) < 4.78 is 39.1. The van der Waals surface area contributed by atoms with Gasteiger partial charge in [0, 0.05) is 0 Å². The summed E-state index contributed by atoms with van der Waals surface area (Å²) in [6.07, 6.45) is 0. The standard InChI is InChI=1S/C20H19NO4S/c1-15-11-13-16(14-12-15)25-18-8-4-3-7-17(18)21-26(22,23)20-10-6-5-9-19(20)24-2/h3-14,21H,1-2H3. The van der Waals surface area contributed by atoms with Crippen LogP contribution < -0.4 is 14.2 Å². The third-order valence-electron chi connectivity index (χ3n) is 3.74. The van der Waals surface area contributed by atoms with Crippen LogP contribution in [0, 0.1) is 6.92 Å². The largest absolute Gasteiger partial charge is 0.495 e. The Morgan fingerprint density at radius 2 is 1.42 bits per heavy atom. The molecule has 0 saturated carbocycles. The van der Waals surface area contributed by atoms with Gasteiger partial charge in [-0.05, 0) is 43.3 Å². The molecule has 0 aromatic heterocycles. The Morgan fingerprint density at radius 1 is 0.808 bits per heavy atom. The fourth-order valence-electron chi connectivity index (χ4n) is 2.41. The number of hydrogen-bond donors (Lipinski definition) is 1. The van der Waals surface area contributed by atoms with E-state index in [2.05, 4.69) is 4.72 Å². The Bertz CT molecular complexity index is 998. The van der Waals surface area contributed by atoms with E-state index >= 15 is 0 Å². The minimum absolute atomic E-state index is 0.0626. The molecule has 0 fully saturated rings. The molecule has 0 atom stereocenters. The van der Waals surface area contributed by atoms with Gasteiger partial charge in [-0.2, -0.15) is 0 Å². The van der Waals surface area contributed by atoms with E-state index < -0.39 is 10.0 Å². The van der Waals surface area contributed by atoms with E-state index in [9.17, 15) is 8.42 Å². The zero-order valence-electron chi connectivity index (χ0n) is 14.5. The van der Waals surface area contributed by atoms with Crippen molar-refractivity contribution in [1.29, 1.82) is 0 Å². The first-order chi connectivity index (χ1) is 12.5. The van der Waals surface area contributed by atoms with E-state index in [1.807, 2.05) is 31.2 Å². The average molecular weight is 369 g/mol. The molecule has 0 heterocycles. The minimum Gasteiger partial charge on any atom is -0.495 e. The van der Waals surface area contributed by atoms with Gasteiger partial charge in [0.2, 0.25) is 0 Å². The zero-order valence-corrected chi connectivity index (χ0v) is 15.3. The lowest BCUT2D eigenvalue weighted by Gasteiger charge is -2.15. The molecule has 134 valence electrons. The number of anilines is 1. The van der Waals surface area contributed by atoms with Crippen LogP contribution in [0.4, 0.5) is 5.69 Å². The maximum Gasteiger partial charge on any atom is 0.265 e. The number of sulfonamides is 1. The maximum absolute atomic E-state index is 12.8. The number of hydrogen-bond acceptors (Lipinski definition) is 4. The second kappa shape index (κ2) is 7.49. The number of nitrogens with one attached hydrogen (secondary N) is 1. The molecule has 0 amide bonds. The molecule has 26 heavy (non-hydrogen) atoms. The molecule has 3 rings (SSSR count). The van der Waals surface area contributed by atoms with Crippen LogP contribution in [0.2, 0.25) is 0 Å². The summed E-state index contributed by atoms with van der Waals surface area (Å²) in [6.45, 7) is 1.99. The topological polar surface area (TPSA) is 64.6 Å². The van der Waals surface area contributed by atoms with E-state index in [0.29, 0.717) is 17.2 Å². The van der Waals surface area contributed by atoms with E-state index in [0.717, 1.165) is 5.56 Å². The Labute approximate surface area is 153 Å². The number of methoxy groups -OCH3 is 1. The van der Waals surface area contributed by atoms with Gasteiger partial charge in [-0.15, -0.1) is 0 Å². The van der Waals surface area contributed by atoms with Crippen molar-refractivity contribution in [3.8, 4) is 17.2 Å². The molecule has 0 bridgehead atoms. The summed E-state index contributed by atoms with van der Waals surface area (Å²) in [6, 6.07) is 20.9.